The minimum atomic E-state index is -1.37. The Bertz CT molecular complexity index is 1120. The number of fused-ring (bicyclic) bond motifs is 1. The lowest BCUT2D eigenvalue weighted by Crippen LogP contribution is -2.52. The number of carbonyl (C=O) groups excluding carboxylic acids is 1. The first kappa shape index (κ1) is 19.9. The third-order valence-electron chi connectivity index (χ3n) is 5.81. The highest BCUT2D eigenvalue weighted by Crippen LogP contribution is 2.38. The van der Waals surface area contributed by atoms with Gasteiger partial charge in [-0.15, -0.1) is 0 Å². The van der Waals surface area contributed by atoms with Crippen LogP contribution in [0.3, 0.4) is 0 Å². The van der Waals surface area contributed by atoms with Gasteiger partial charge in [0, 0.05) is 51.2 Å². The fourth-order valence-electron chi connectivity index (χ4n) is 4.21. The highest BCUT2D eigenvalue weighted by molar-refractivity contribution is 5.99. The standard InChI is InChI=1S/C19H24N8O4/c1-25-5-2-11(24-25)10-8-27(17-12(10)16(20)22-9-23-17)19-14(29)13(28)15(31-19)18(30)26-6-3-21-4-7-26/h2,5,8-9,13-15,19,21,28-29H,3-4,6-7H2,1H3,(H2,20,22,23)/t13-,14+,15-,19+/m0/s1. The monoisotopic (exact) mass is 428 g/mol. The summed E-state index contributed by atoms with van der Waals surface area (Å²) in [6, 6.07) is 1.82. The van der Waals surface area contributed by atoms with E-state index < -0.39 is 24.5 Å². The number of anilines is 1. The molecule has 5 heterocycles. The van der Waals surface area contributed by atoms with Crippen molar-refractivity contribution in [2.45, 2.75) is 24.5 Å². The highest BCUT2D eigenvalue weighted by Gasteiger charge is 2.49. The number of nitrogens with zero attached hydrogens (tertiary/aromatic N) is 6. The summed E-state index contributed by atoms with van der Waals surface area (Å²) < 4.78 is 9.15. The molecule has 0 aromatic carbocycles. The molecule has 4 atom stereocenters. The van der Waals surface area contributed by atoms with Crippen LogP contribution in [-0.4, -0.2) is 89.8 Å². The zero-order chi connectivity index (χ0) is 21.7. The van der Waals surface area contributed by atoms with E-state index in [9.17, 15) is 15.0 Å². The molecule has 0 bridgehead atoms. The molecule has 0 spiro atoms. The number of nitrogens with two attached hydrogens (primary N) is 1. The lowest BCUT2D eigenvalue weighted by atomic mass is 10.1. The average Bonchev–Trinajstić information content (AvgIpc) is 3.45. The van der Waals surface area contributed by atoms with Crippen LogP contribution in [0.5, 0.6) is 0 Å². The van der Waals surface area contributed by atoms with Gasteiger partial charge in [-0.05, 0) is 6.07 Å². The molecule has 2 aliphatic rings. The Hall–Kier alpha value is -3.06. The molecular formula is C19H24N8O4. The van der Waals surface area contributed by atoms with Crippen molar-refractivity contribution in [1.82, 2.24) is 34.5 Å². The van der Waals surface area contributed by atoms with Crippen molar-refractivity contribution in [3.63, 3.8) is 0 Å². The molecule has 12 heteroatoms. The molecule has 5 rings (SSSR count). The van der Waals surface area contributed by atoms with Gasteiger partial charge in [-0.25, -0.2) is 9.97 Å². The quantitative estimate of drug-likeness (QED) is 0.388. The van der Waals surface area contributed by atoms with Crippen LogP contribution in [-0.2, 0) is 16.6 Å². The molecule has 0 unspecified atom stereocenters. The van der Waals surface area contributed by atoms with Gasteiger partial charge in [0.2, 0.25) is 0 Å². The fourth-order valence-corrected chi connectivity index (χ4v) is 4.21. The Labute approximate surface area is 177 Å². The molecule has 31 heavy (non-hydrogen) atoms. The first-order valence-electron chi connectivity index (χ1n) is 10.1. The number of aliphatic hydroxyl groups is 2. The maximum absolute atomic E-state index is 12.9. The van der Waals surface area contributed by atoms with Gasteiger partial charge in [-0.3, -0.25) is 9.48 Å². The van der Waals surface area contributed by atoms with Crippen molar-refractivity contribution in [2.24, 2.45) is 7.05 Å². The molecule has 1 amide bonds. The topological polar surface area (TPSA) is 157 Å². The summed E-state index contributed by atoms with van der Waals surface area (Å²) in [7, 11) is 1.80. The van der Waals surface area contributed by atoms with Crippen molar-refractivity contribution in [3.8, 4) is 11.3 Å². The van der Waals surface area contributed by atoms with Gasteiger partial charge >= 0.3 is 0 Å². The number of piperazine rings is 1. The predicted octanol–water partition coefficient (Wildman–Crippen LogP) is -1.53. The van der Waals surface area contributed by atoms with Gasteiger partial charge in [0.05, 0.1) is 11.1 Å². The minimum absolute atomic E-state index is 0.255. The number of ether oxygens (including phenoxy) is 1. The summed E-state index contributed by atoms with van der Waals surface area (Å²) >= 11 is 0. The first-order chi connectivity index (χ1) is 15.0. The van der Waals surface area contributed by atoms with E-state index in [4.69, 9.17) is 10.5 Å². The number of carbonyl (C=O) groups is 1. The number of rotatable bonds is 3. The van der Waals surface area contributed by atoms with Crippen molar-refractivity contribution >= 4 is 22.8 Å². The smallest absolute Gasteiger partial charge is 0.254 e. The van der Waals surface area contributed by atoms with Crippen LogP contribution in [0.15, 0.2) is 24.8 Å². The summed E-state index contributed by atoms with van der Waals surface area (Å²) in [6.07, 6.45) is -0.0872. The van der Waals surface area contributed by atoms with Crippen molar-refractivity contribution in [1.29, 1.82) is 0 Å². The molecule has 2 fully saturated rings. The number of aryl methyl sites for hydroxylation is 1. The second kappa shape index (κ2) is 7.57. The maximum Gasteiger partial charge on any atom is 0.254 e. The van der Waals surface area contributed by atoms with Crippen LogP contribution >= 0.6 is 0 Å². The predicted molar refractivity (Wildman–Crippen MR) is 110 cm³/mol. The number of aromatic nitrogens is 5. The van der Waals surface area contributed by atoms with E-state index in [-0.39, 0.29) is 11.7 Å². The van der Waals surface area contributed by atoms with E-state index in [1.807, 2.05) is 6.07 Å². The zero-order valence-electron chi connectivity index (χ0n) is 16.9. The first-order valence-corrected chi connectivity index (χ1v) is 10.1. The van der Waals surface area contributed by atoms with Crippen molar-refractivity contribution in [3.05, 3.63) is 24.8 Å². The number of nitrogens with one attached hydrogen (secondary N) is 1. The lowest BCUT2D eigenvalue weighted by Gasteiger charge is -2.30. The molecular weight excluding hydrogens is 404 g/mol. The zero-order valence-corrected chi connectivity index (χ0v) is 16.9. The van der Waals surface area contributed by atoms with Crippen LogP contribution in [0.4, 0.5) is 5.82 Å². The average molecular weight is 428 g/mol. The lowest BCUT2D eigenvalue weighted by molar-refractivity contribution is -0.149. The maximum atomic E-state index is 12.9. The molecule has 2 aliphatic heterocycles. The van der Waals surface area contributed by atoms with Gasteiger partial charge in [0.15, 0.2) is 12.3 Å². The summed E-state index contributed by atoms with van der Waals surface area (Å²) in [6.45, 7) is 2.39. The summed E-state index contributed by atoms with van der Waals surface area (Å²) in [4.78, 5) is 22.9. The van der Waals surface area contributed by atoms with Gasteiger partial charge in [0.1, 0.15) is 30.0 Å². The molecule has 3 aromatic rings. The molecule has 164 valence electrons. The summed E-state index contributed by atoms with van der Waals surface area (Å²) in [5.41, 5.74) is 7.86. The Kier molecular flexibility index (Phi) is 4.85. The Morgan fingerprint density at radius 3 is 2.74 bits per heavy atom. The molecule has 12 nitrogen and oxygen atoms in total. The van der Waals surface area contributed by atoms with Gasteiger partial charge < -0.3 is 35.5 Å². The fraction of sp³-hybridized carbons (Fsp3) is 0.474. The second-order valence-electron chi connectivity index (χ2n) is 7.79. The summed E-state index contributed by atoms with van der Waals surface area (Å²) in [5, 5.41) is 29.5. The number of hydrogen-bond acceptors (Lipinski definition) is 9. The number of aliphatic hydroxyl groups excluding tert-OH is 2. The number of hydrogen-bond donors (Lipinski definition) is 4. The van der Waals surface area contributed by atoms with E-state index >= 15 is 0 Å². The van der Waals surface area contributed by atoms with Gasteiger partial charge in [-0.1, -0.05) is 0 Å². The second-order valence-corrected chi connectivity index (χ2v) is 7.79. The number of amides is 1. The molecule has 5 N–H and O–H groups in total. The van der Waals surface area contributed by atoms with E-state index in [1.165, 1.54) is 6.33 Å². The SMILES string of the molecule is Cn1ccc(-c2cn([C@@H]3O[C@H](C(=O)N4CCNCC4)[C@@H](O)[C@H]3O)c3ncnc(N)c23)n1. The van der Waals surface area contributed by atoms with E-state index in [1.54, 1.807) is 33.6 Å². The third-order valence-corrected chi connectivity index (χ3v) is 5.81. The van der Waals surface area contributed by atoms with Crippen LogP contribution in [0.2, 0.25) is 0 Å². The van der Waals surface area contributed by atoms with E-state index in [0.29, 0.717) is 48.5 Å². The van der Waals surface area contributed by atoms with Crippen molar-refractivity contribution < 1.29 is 19.7 Å². The Morgan fingerprint density at radius 2 is 2.03 bits per heavy atom. The van der Waals surface area contributed by atoms with Crippen LogP contribution in [0, 0.1) is 0 Å². The normalized spacial score (nSPS) is 26.6. The van der Waals surface area contributed by atoms with Gasteiger partial charge in [-0.2, -0.15) is 5.10 Å². The largest absolute Gasteiger partial charge is 0.387 e. The summed E-state index contributed by atoms with van der Waals surface area (Å²) in [5.74, 6) is -0.0861. The Balaban J connectivity index is 1.53. The van der Waals surface area contributed by atoms with E-state index in [2.05, 4.69) is 20.4 Å². The van der Waals surface area contributed by atoms with Crippen LogP contribution in [0.1, 0.15) is 6.23 Å². The van der Waals surface area contributed by atoms with Crippen LogP contribution < -0.4 is 11.1 Å². The molecule has 0 aliphatic carbocycles. The third kappa shape index (κ3) is 3.24. The van der Waals surface area contributed by atoms with Gasteiger partial charge in [0.25, 0.3) is 5.91 Å². The van der Waals surface area contributed by atoms with Crippen LogP contribution in [0.25, 0.3) is 22.3 Å². The molecule has 3 aromatic heterocycles. The Morgan fingerprint density at radius 1 is 1.26 bits per heavy atom. The molecule has 0 saturated carbocycles. The minimum Gasteiger partial charge on any atom is -0.387 e. The van der Waals surface area contributed by atoms with E-state index in [0.717, 1.165) is 0 Å². The number of nitrogen functional groups attached to an aromatic ring is 1. The highest BCUT2D eigenvalue weighted by atomic mass is 16.6. The van der Waals surface area contributed by atoms with Crippen molar-refractivity contribution in [2.75, 3.05) is 31.9 Å². The molecule has 0 radical (unpaired) electrons. The molecule has 2 saturated heterocycles.